The molecule has 3 aliphatic rings. The van der Waals surface area contributed by atoms with Gasteiger partial charge in [0.2, 0.25) is 17.7 Å². The van der Waals surface area contributed by atoms with Gasteiger partial charge in [0.1, 0.15) is 18.2 Å². The molecule has 1 heterocycles. The molecule has 1 saturated carbocycles. The maximum absolute atomic E-state index is 13.7. The van der Waals surface area contributed by atoms with E-state index in [1.165, 1.54) is 6.07 Å². The summed E-state index contributed by atoms with van der Waals surface area (Å²) >= 11 is 0. The number of hydrogen-bond donors (Lipinski definition) is 1. The number of amides is 3. The van der Waals surface area contributed by atoms with Gasteiger partial charge in [-0.15, -0.1) is 0 Å². The van der Waals surface area contributed by atoms with E-state index in [2.05, 4.69) is 5.32 Å². The van der Waals surface area contributed by atoms with Crippen LogP contribution in [0.5, 0.6) is 0 Å². The molecule has 1 aliphatic heterocycles. The first-order valence-corrected chi connectivity index (χ1v) is 9.12. The number of benzene rings is 1. The zero-order chi connectivity index (χ0) is 19.3. The molecule has 1 aromatic carbocycles. The monoisotopic (exact) mass is 374 g/mol. The van der Waals surface area contributed by atoms with Crippen LogP contribution < -0.4 is 5.32 Å². The van der Waals surface area contributed by atoms with Crippen LogP contribution in [0, 0.1) is 35.3 Å². The van der Waals surface area contributed by atoms with Crippen LogP contribution in [0.4, 0.5) is 8.78 Å². The molecule has 7 heteroatoms. The lowest BCUT2D eigenvalue weighted by atomic mass is 9.85. The SMILES string of the molecule is C[C@H](Cc1c(F)cccc1F)NC(=O)CN1C(=O)[C@@H]2[C@@H](C1=O)[C@H]1C=C[C@H]2C1. The lowest BCUT2D eigenvalue weighted by molar-refractivity contribution is -0.144. The van der Waals surface area contributed by atoms with Crippen LogP contribution >= 0.6 is 0 Å². The van der Waals surface area contributed by atoms with E-state index in [1.54, 1.807) is 6.92 Å². The highest BCUT2D eigenvalue weighted by Gasteiger charge is 2.59. The van der Waals surface area contributed by atoms with E-state index in [4.69, 9.17) is 0 Å². The summed E-state index contributed by atoms with van der Waals surface area (Å²) in [4.78, 5) is 38.5. The van der Waals surface area contributed by atoms with Gasteiger partial charge in [-0.05, 0) is 43.7 Å². The minimum atomic E-state index is -0.670. The predicted molar refractivity (Wildman–Crippen MR) is 92.1 cm³/mol. The van der Waals surface area contributed by atoms with E-state index >= 15 is 0 Å². The highest BCUT2D eigenvalue weighted by molar-refractivity contribution is 6.08. The lowest BCUT2D eigenvalue weighted by Gasteiger charge is -2.19. The van der Waals surface area contributed by atoms with Gasteiger partial charge in [-0.25, -0.2) is 8.78 Å². The summed E-state index contributed by atoms with van der Waals surface area (Å²) in [5.41, 5.74) is -0.101. The van der Waals surface area contributed by atoms with E-state index in [0.717, 1.165) is 23.5 Å². The summed E-state index contributed by atoms with van der Waals surface area (Å²) < 4.78 is 27.5. The van der Waals surface area contributed by atoms with Crippen molar-refractivity contribution in [2.75, 3.05) is 6.54 Å². The van der Waals surface area contributed by atoms with E-state index in [-0.39, 0.29) is 54.0 Å². The smallest absolute Gasteiger partial charge is 0.240 e. The molecular formula is C20H20F2N2O3. The molecule has 4 rings (SSSR count). The molecule has 2 aliphatic carbocycles. The molecule has 27 heavy (non-hydrogen) atoms. The number of hydrogen-bond acceptors (Lipinski definition) is 3. The standard InChI is InChI=1S/C20H20F2N2O3/c1-10(7-13-14(21)3-2-4-15(13)22)23-16(25)9-24-19(26)17-11-5-6-12(8-11)18(17)20(24)27/h2-6,10-12,17-18H,7-9H2,1H3,(H,23,25)/t10-,11+,12+,17+,18+/m1/s1. The molecule has 0 aromatic heterocycles. The Labute approximate surface area is 155 Å². The largest absolute Gasteiger partial charge is 0.352 e. The van der Waals surface area contributed by atoms with Crippen molar-refractivity contribution in [2.45, 2.75) is 25.8 Å². The molecule has 0 unspecified atom stereocenters. The number of nitrogens with one attached hydrogen (secondary N) is 1. The first-order chi connectivity index (χ1) is 12.9. The fourth-order valence-electron chi connectivity index (χ4n) is 4.67. The topological polar surface area (TPSA) is 66.5 Å². The first kappa shape index (κ1) is 17.8. The van der Waals surface area contributed by atoms with Crippen molar-refractivity contribution in [3.05, 3.63) is 47.5 Å². The molecule has 1 saturated heterocycles. The third-order valence-electron chi connectivity index (χ3n) is 5.84. The molecule has 0 spiro atoms. The van der Waals surface area contributed by atoms with Gasteiger partial charge in [0.15, 0.2) is 0 Å². The van der Waals surface area contributed by atoms with Crippen LogP contribution in [-0.4, -0.2) is 35.2 Å². The fourth-order valence-corrected chi connectivity index (χ4v) is 4.67. The molecule has 1 aromatic rings. The number of nitrogens with zero attached hydrogens (tertiary/aromatic N) is 1. The summed E-state index contributed by atoms with van der Waals surface area (Å²) in [7, 11) is 0. The summed E-state index contributed by atoms with van der Waals surface area (Å²) in [6.45, 7) is 1.27. The predicted octanol–water partition coefficient (Wildman–Crippen LogP) is 1.82. The highest BCUT2D eigenvalue weighted by Crippen LogP contribution is 2.52. The van der Waals surface area contributed by atoms with Gasteiger partial charge in [0.05, 0.1) is 11.8 Å². The Morgan fingerprint density at radius 2 is 1.70 bits per heavy atom. The third-order valence-corrected chi connectivity index (χ3v) is 5.84. The number of rotatable bonds is 5. The number of carbonyl (C=O) groups is 3. The van der Waals surface area contributed by atoms with Crippen LogP contribution in [0.1, 0.15) is 18.9 Å². The van der Waals surface area contributed by atoms with Crippen LogP contribution in [0.15, 0.2) is 30.4 Å². The number of fused-ring (bicyclic) bond motifs is 5. The number of imide groups is 1. The summed E-state index contributed by atoms with van der Waals surface area (Å²) in [6.07, 6.45) is 4.79. The molecule has 2 bridgehead atoms. The zero-order valence-electron chi connectivity index (χ0n) is 14.8. The van der Waals surface area contributed by atoms with E-state index in [0.29, 0.717) is 0 Å². The van der Waals surface area contributed by atoms with Gasteiger partial charge < -0.3 is 5.32 Å². The fraction of sp³-hybridized carbons (Fsp3) is 0.450. The van der Waals surface area contributed by atoms with Crippen LogP contribution in [0.25, 0.3) is 0 Å². The van der Waals surface area contributed by atoms with Gasteiger partial charge in [-0.1, -0.05) is 18.2 Å². The molecule has 3 amide bonds. The van der Waals surface area contributed by atoms with Gasteiger partial charge in [0, 0.05) is 11.6 Å². The van der Waals surface area contributed by atoms with Crippen molar-refractivity contribution in [3.8, 4) is 0 Å². The Hall–Kier alpha value is -2.57. The van der Waals surface area contributed by atoms with Gasteiger partial charge in [-0.2, -0.15) is 0 Å². The number of carbonyl (C=O) groups excluding carboxylic acids is 3. The average molecular weight is 374 g/mol. The van der Waals surface area contributed by atoms with E-state index in [9.17, 15) is 23.2 Å². The van der Waals surface area contributed by atoms with Crippen molar-refractivity contribution < 1.29 is 23.2 Å². The van der Waals surface area contributed by atoms with E-state index in [1.807, 2.05) is 12.2 Å². The second-order valence-corrected chi connectivity index (χ2v) is 7.64. The minimum Gasteiger partial charge on any atom is -0.352 e. The van der Waals surface area contributed by atoms with Crippen molar-refractivity contribution in [1.82, 2.24) is 10.2 Å². The summed E-state index contributed by atoms with van der Waals surface area (Å²) in [6, 6.07) is 3.06. The minimum absolute atomic E-state index is 0.0224. The molecular weight excluding hydrogens is 354 g/mol. The average Bonchev–Trinajstić information content (AvgIpc) is 3.28. The first-order valence-electron chi connectivity index (χ1n) is 9.12. The number of halogens is 2. The molecule has 5 atom stereocenters. The quantitative estimate of drug-likeness (QED) is 0.632. The van der Waals surface area contributed by atoms with Crippen molar-refractivity contribution in [2.24, 2.45) is 23.7 Å². The second kappa shape index (κ2) is 6.55. The Kier molecular flexibility index (Phi) is 4.32. The van der Waals surface area contributed by atoms with Crippen molar-refractivity contribution >= 4 is 17.7 Å². The van der Waals surface area contributed by atoms with Crippen LogP contribution in [-0.2, 0) is 20.8 Å². The maximum Gasteiger partial charge on any atom is 0.240 e. The maximum atomic E-state index is 13.7. The lowest BCUT2D eigenvalue weighted by Crippen LogP contribution is -2.44. The van der Waals surface area contributed by atoms with Crippen LogP contribution in [0.2, 0.25) is 0 Å². The number of likely N-dealkylation sites (tertiary alicyclic amines) is 1. The Bertz CT molecular complexity index is 803. The highest BCUT2D eigenvalue weighted by atomic mass is 19.1. The number of allylic oxidation sites excluding steroid dienone is 2. The van der Waals surface area contributed by atoms with E-state index < -0.39 is 23.6 Å². The zero-order valence-corrected chi connectivity index (χ0v) is 14.8. The molecule has 0 radical (unpaired) electrons. The van der Waals surface area contributed by atoms with Gasteiger partial charge in [0.25, 0.3) is 0 Å². The molecule has 1 N–H and O–H groups in total. The second-order valence-electron chi connectivity index (χ2n) is 7.64. The Morgan fingerprint density at radius 1 is 1.15 bits per heavy atom. The Morgan fingerprint density at radius 3 is 2.26 bits per heavy atom. The van der Waals surface area contributed by atoms with Gasteiger partial charge in [-0.3, -0.25) is 19.3 Å². The third kappa shape index (κ3) is 2.95. The summed E-state index contributed by atoms with van der Waals surface area (Å²) in [5, 5.41) is 2.62. The molecule has 2 fully saturated rings. The van der Waals surface area contributed by atoms with Gasteiger partial charge >= 0.3 is 0 Å². The van der Waals surface area contributed by atoms with Crippen molar-refractivity contribution in [3.63, 3.8) is 0 Å². The summed E-state index contributed by atoms with van der Waals surface area (Å²) in [5.74, 6) is -2.93. The van der Waals surface area contributed by atoms with Crippen LogP contribution in [0.3, 0.4) is 0 Å². The Balaban J connectivity index is 1.37. The van der Waals surface area contributed by atoms with Crippen molar-refractivity contribution in [1.29, 1.82) is 0 Å². The molecule has 5 nitrogen and oxygen atoms in total. The normalized spacial score (nSPS) is 29.4. The molecule has 142 valence electrons.